The smallest absolute Gasteiger partial charge is 0.430 e. The number of hydrogen-bond acceptors (Lipinski definition) is 5. The Hall–Kier alpha value is -2.94. The largest absolute Gasteiger partial charge is 0.494 e. The predicted octanol–water partition coefficient (Wildman–Crippen LogP) is 5.11. The Morgan fingerprint density at radius 1 is 0.875 bits per heavy atom. The lowest BCUT2D eigenvalue weighted by molar-refractivity contribution is 0.334. The van der Waals surface area contributed by atoms with E-state index in [0.717, 1.165) is 17.1 Å². The third-order valence-electron chi connectivity index (χ3n) is 3.21. The summed E-state index contributed by atoms with van der Waals surface area (Å²) >= 11 is 0. The summed E-state index contributed by atoms with van der Waals surface area (Å²) in [4.78, 5) is 3.26. The zero-order chi connectivity index (χ0) is 17.4. The first kappa shape index (κ1) is 17.4. The van der Waals surface area contributed by atoms with Crippen LogP contribution in [0.2, 0.25) is 0 Å². The van der Waals surface area contributed by atoms with E-state index in [1.54, 1.807) is 12.1 Å². The molecule has 0 aliphatic carbocycles. The molecule has 2 rings (SSSR count). The summed E-state index contributed by atoms with van der Waals surface area (Å²) < 4.78 is 16.6. The maximum absolute atomic E-state index is 9.15. The molecule has 2 aromatic carbocycles. The summed E-state index contributed by atoms with van der Waals surface area (Å²) in [6.45, 7) is 7.31. The van der Waals surface area contributed by atoms with Crippen molar-refractivity contribution < 1.29 is 14.2 Å². The first-order valence-corrected chi connectivity index (χ1v) is 8.00. The van der Waals surface area contributed by atoms with Crippen LogP contribution in [-0.2, 0) is 0 Å². The molecule has 0 aliphatic heterocycles. The molecule has 0 aliphatic rings. The van der Waals surface area contributed by atoms with Gasteiger partial charge in [0.2, 0.25) is 11.1 Å². The molecule has 0 radical (unpaired) electrons. The van der Waals surface area contributed by atoms with Crippen molar-refractivity contribution in [1.29, 1.82) is 5.39 Å². The van der Waals surface area contributed by atoms with Crippen molar-refractivity contribution in [1.82, 2.24) is 0 Å². The predicted molar refractivity (Wildman–Crippen MR) is 94.4 cm³/mol. The molecule has 0 atom stereocenters. The summed E-state index contributed by atoms with van der Waals surface area (Å²) in [5.74, 6) is 1.89. The van der Waals surface area contributed by atoms with Gasteiger partial charge in [0.25, 0.3) is 0 Å². The van der Waals surface area contributed by atoms with Crippen LogP contribution in [-0.4, -0.2) is 19.8 Å². The molecule has 0 aromatic heterocycles. The maximum Gasteiger partial charge on any atom is 0.430 e. The van der Waals surface area contributed by atoms with Crippen LogP contribution in [0.4, 0.5) is 17.1 Å². The maximum atomic E-state index is 9.15. The highest BCUT2D eigenvalue weighted by Crippen LogP contribution is 2.39. The van der Waals surface area contributed by atoms with Crippen molar-refractivity contribution in [2.45, 2.75) is 20.8 Å². The fourth-order valence-corrected chi connectivity index (χ4v) is 2.23. The molecule has 24 heavy (non-hydrogen) atoms. The lowest BCUT2D eigenvalue weighted by Crippen LogP contribution is -2.00. The van der Waals surface area contributed by atoms with Crippen molar-refractivity contribution in [2.24, 2.45) is 0 Å². The normalized spacial score (nSPS) is 9.92. The van der Waals surface area contributed by atoms with Gasteiger partial charge >= 0.3 is 5.69 Å². The van der Waals surface area contributed by atoms with Gasteiger partial charge in [-0.25, -0.2) is 0 Å². The second kappa shape index (κ2) is 8.63. The van der Waals surface area contributed by atoms with E-state index < -0.39 is 0 Å². The highest BCUT2D eigenvalue weighted by Gasteiger charge is 2.20. The van der Waals surface area contributed by atoms with Crippen LogP contribution in [0.1, 0.15) is 20.8 Å². The molecule has 1 N–H and O–H groups in total. The summed E-state index contributed by atoms with van der Waals surface area (Å²) in [7, 11) is 0. The van der Waals surface area contributed by atoms with E-state index in [9.17, 15) is 0 Å². The third kappa shape index (κ3) is 4.29. The van der Waals surface area contributed by atoms with Gasteiger partial charge in [-0.2, -0.15) is 0 Å². The first-order chi connectivity index (χ1) is 11.7. The fourth-order valence-electron chi connectivity index (χ4n) is 2.23. The van der Waals surface area contributed by atoms with Gasteiger partial charge in [-0.3, -0.25) is 0 Å². The molecule has 0 saturated heterocycles. The SMILES string of the molecule is CCOc1ccc(Nc2cc(OCC)c([N+]#N)cc2OCC)cc1. The Morgan fingerprint density at radius 3 is 2.08 bits per heavy atom. The number of diazo groups is 1. The van der Waals surface area contributed by atoms with Gasteiger partial charge in [-0.15, -0.1) is 0 Å². The van der Waals surface area contributed by atoms with Crippen LogP contribution in [0, 0.1) is 5.39 Å². The van der Waals surface area contributed by atoms with Crippen LogP contribution in [0.3, 0.4) is 0 Å². The van der Waals surface area contributed by atoms with Crippen LogP contribution in [0.5, 0.6) is 17.2 Å². The molecule has 0 spiro atoms. The van der Waals surface area contributed by atoms with E-state index in [2.05, 4.69) is 10.3 Å². The minimum Gasteiger partial charge on any atom is -0.494 e. The fraction of sp³-hybridized carbons (Fsp3) is 0.333. The lowest BCUT2D eigenvalue weighted by atomic mass is 10.2. The second-order valence-electron chi connectivity index (χ2n) is 4.86. The average Bonchev–Trinajstić information content (AvgIpc) is 2.59. The van der Waals surface area contributed by atoms with Gasteiger partial charge in [0.05, 0.1) is 31.6 Å². The molecule has 0 saturated carbocycles. The lowest BCUT2D eigenvalue weighted by Gasteiger charge is -2.13. The standard InChI is InChI=1S/C18H22N3O3/c1-4-22-14-9-7-13(8-10-14)20-15-11-18(24-6-3)16(21-19)12-17(15)23-5-2/h7-12,20H,4-6H2,1-3H3/q+1. The third-order valence-corrected chi connectivity index (χ3v) is 3.21. The molecule has 6 nitrogen and oxygen atoms in total. The van der Waals surface area contributed by atoms with E-state index in [-0.39, 0.29) is 0 Å². The van der Waals surface area contributed by atoms with E-state index in [4.69, 9.17) is 19.6 Å². The minimum atomic E-state index is 0.331. The van der Waals surface area contributed by atoms with Gasteiger partial charge in [-0.1, -0.05) is 0 Å². The van der Waals surface area contributed by atoms with Gasteiger partial charge in [0, 0.05) is 11.8 Å². The number of benzene rings is 2. The van der Waals surface area contributed by atoms with Crippen molar-refractivity contribution in [2.75, 3.05) is 25.1 Å². The van der Waals surface area contributed by atoms with Gasteiger partial charge < -0.3 is 19.5 Å². The van der Waals surface area contributed by atoms with E-state index in [1.165, 1.54) is 0 Å². The summed E-state index contributed by atoms with van der Waals surface area (Å²) in [5.41, 5.74) is 1.95. The zero-order valence-corrected chi connectivity index (χ0v) is 14.2. The monoisotopic (exact) mass is 328 g/mol. The number of nitrogens with zero attached hydrogens (tertiary/aromatic N) is 2. The van der Waals surface area contributed by atoms with Crippen molar-refractivity contribution in [3.8, 4) is 17.2 Å². The molecule has 0 bridgehead atoms. The highest BCUT2D eigenvalue weighted by atomic mass is 16.5. The molecule has 126 valence electrons. The average molecular weight is 328 g/mol. The highest BCUT2D eigenvalue weighted by molar-refractivity contribution is 5.75. The molecule has 0 heterocycles. The number of rotatable bonds is 8. The van der Waals surface area contributed by atoms with Crippen LogP contribution in [0.15, 0.2) is 36.4 Å². The zero-order valence-electron chi connectivity index (χ0n) is 14.2. The molecule has 6 heteroatoms. The van der Waals surface area contributed by atoms with E-state index in [1.807, 2.05) is 45.0 Å². The first-order valence-electron chi connectivity index (χ1n) is 8.00. The Labute approximate surface area is 142 Å². The Bertz CT molecular complexity index is 709. The minimum absolute atomic E-state index is 0.331. The van der Waals surface area contributed by atoms with Gasteiger partial charge in [0.1, 0.15) is 5.75 Å². The van der Waals surface area contributed by atoms with Crippen LogP contribution in [0.25, 0.3) is 4.98 Å². The van der Waals surface area contributed by atoms with Crippen molar-refractivity contribution in [3.63, 3.8) is 0 Å². The second-order valence-corrected chi connectivity index (χ2v) is 4.86. The van der Waals surface area contributed by atoms with Gasteiger partial charge in [0.15, 0.2) is 10.7 Å². The van der Waals surface area contributed by atoms with Crippen molar-refractivity contribution >= 4 is 17.1 Å². The molecular weight excluding hydrogens is 306 g/mol. The molecule has 0 amide bonds. The summed E-state index contributed by atoms with van der Waals surface area (Å²) in [5, 5.41) is 12.4. The molecule has 0 fully saturated rings. The number of anilines is 2. The Kier molecular flexibility index (Phi) is 6.26. The topological polar surface area (TPSA) is 67.9 Å². The summed E-state index contributed by atoms with van der Waals surface area (Å²) in [6, 6.07) is 11.0. The molecular formula is C18H22N3O3+. The number of hydrogen-bond donors (Lipinski definition) is 1. The molecule has 0 unspecified atom stereocenters. The number of ether oxygens (including phenoxy) is 3. The van der Waals surface area contributed by atoms with E-state index >= 15 is 0 Å². The van der Waals surface area contributed by atoms with Crippen molar-refractivity contribution in [3.05, 3.63) is 41.4 Å². The van der Waals surface area contributed by atoms with Crippen LogP contribution < -0.4 is 19.5 Å². The molecule has 2 aromatic rings. The Balaban J connectivity index is 2.32. The van der Waals surface area contributed by atoms with E-state index in [0.29, 0.717) is 37.0 Å². The Morgan fingerprint density at radius 2 is 1.50 bits per heavy atom. The quantitative estimate of drug-likeness (QED) is 0.682. The number of nitrogens with one attached hydrogen (secondary N) is 1. The summed E-state index contributed by atoms with van der Waals surface area (Å²) in [6.07, 6.45) is 0. The van der Waals surface area contributed by atoms with Gasteiger partial charge in [-0.05, 0) is 45.0 Å². The van der Waals surface area contributed by atoms with Crippen LogP contribution >= 0.6 is 0 Å².